The number of nitrogens with zero attached hydrogens (tertiary/aromatic N) is 2. The van der Waals surface area contributed by atoms with E-state index in [1.165, 1.54) is 12.3 Å². The molecule has 152 valence electrons. The smallest absolute Gasteiger partial charge is 0.422 e. The Hall–Kier alpha value is -2.84. The van der Waals surface area contributed by atoms with Crippen LogP contribution in [0.3, 0.4) is 0 Å². The molecule has 1 unspecified atom stereocenters. The first kappa shape index (κ1) is 21.5. The lowest BCUT2D eigenvalue weighted by molar-refractivity contribution is -0.154. The van der Waals surface area contributed by atoms with Crippen LogP contribution in [-0.4, -0.2) is 30.8 Å². The molecule has 1 aromatic carbocycles. The highest BCUT2D eigenvalue weighted by Gasteiger charge is 2.29. The Morgan fingerprint density at radius 2 is 2.04 bits per heavy atom. The summed E-state index contributed by atoms with van der Waals surface area (Å²) in [5.41, 5.74) is 1.74. The largest absolute Gasteiger partial charge is 0.468 e. The SMILES string of the molecule is CN=C(NCc1cccnc1OCC(F)(F)F)NC(C)c1ccc(C)c(F)c1. The fraction of sp³-hybridized carbons (Fsp3) is 0.368. The summed E-state index contributed by atoms with van der Waals surface area (Å²) in [7, 11) is 1.56. The maximum absolute atomic E-state index is 13.8. The van der Waals surface area contributed by atoms with E-state index in [1.807, 2.05) is 13.0 Å². The molecule has 0 spiro atoms. The zero-order chi connectivity index (χ0) is 20.7. The van der Waals surface area contributed by atoms with Crippen LogP contribution in [-0.2, 0) is 6.54 Å². The topological polar surface area (TPSA) is 58.5 Å². The highest BCUT2D eigenvalue weighted by Crippen LogP contribution is 2.20. The monoisotopic (exact) mass is 398 g/mol. The molecule has 0 aliphatic rings. The number of pyridine rings is 1. The lowest BCUT2D eigenvalue weighted by atomic mass is 10.1. The van der Waals surface area contributed by atoms with Gasteiger partial charge in [0.1, 0.15) is 5.82 Å². The zero-order valence-corrected chi connectivity index (χ0v) is 15.8. The van der Waals surface area contributed by atoms with Crippen molar-refractivity contribution in [3.05, 3.63) is 59.0 Å². The van der Waals surface area contributed by atoms with Crippen molar-refractivity contribution in [3.63, 3.8) is 0 Å². The number of benzene rings is 1. The van der Waals surface area contributed by atoms with Crippen molar-refractivity contribution < 1.29 is 22.3 Å². The van der Waals surface area contributed by atoms with Crippen molar-refractivity contribution in [1.82, 2.24) is 15.6 Å². The summed E-state index contributed by atoms with van der Waals surface area (Å²) in [5.74, 6) is 0.00597. The van der Waals surface area contributed by atoms with Crippen LogP contribution >= 0.6 is 0 Å². The minimum Gasteiger partial charge on any atom is -0.468 e. The minimum atomic E-state index is -4.45. The molecule has 2 aromatic rings. The number of aliphatic imine (C=N–C) groups is 1. The fourth-order valence-corrected chi connectivity index (χ4v) is 2.38. The van der Waals surface area contributed by atoms with E-state index in [4.69, 9.17) is 4.74 Å². The van der Waals surface area contributed by atoms with E-state index in [-0.39, 0.29) is 24.3 Å². The molecule has 2 rings (SSSR count). The van der Waals surface area contributed by atoms with E-state index in [0.717, 1.165) is 5.56 Å². The molecular weight excluding hydrogens is 376 g/mol. The predicted molar refractivity (Wildman–Crippen MR) is 98.7 cm³/mol. The van der Waals surface area contributed by atoms with Crippen LogP contribution in [0.1, 0.15) is 29.7 Å². The molecular formula is C19H22F4N4O. The Balaban J connectivity index is 1.99. The average molecular weight is 398 g/mol. The molecule has 1 heterocycles. The van der Waals surface area contributed by atoms with Crippen LogP contribution in [0.15, 0.2) is 41.5 Å². The second kappa shape index (κ2) is 9.38. The van der Waals surface area contributed by atoms with Crippen molar-refractivity contribution in [3.8, 4) is 5.88 Å². The van der Waals surface area contributed by atoms with E-state index in [2.05, 4.69) is 20.6 Å². The molecule has 5 nitrogen and oxygen atoms in total. The third-order valence-electron chi connectivity index (χ3n) is 3.94. The number of aromatic nitrogens is 1. The number of ether oxygens (including phenoxy) is 1. The molecule has 28 heavy (non-hydrogen) atoms. The second-order valence-corrected chi connectivity index (χ2v) is 6.17. The van der Waals surface area contributed by atoms with Gasteiger partial charge in [-0.3, -0.25) is 4.99 Å². The van der Waals surface area contributed by atoms with Gasteiger partial charge in [-0.25, -0.2) is 9.37 Å². The van der Waals surface area contributed by atoms with E-state index >= 15 is 0 Å². The Kier molecular flexibility index (Phi) is 7.19. The van der Waals surface area contributed by atoms with Crippen LogP contribution in [0, 0.1) is 12.7 Å². The molecule has 2 N–H and O–H groups in total. The molecule has 1 atom stereocenters. The Morgan fingerprint density at radius 1 is 1.29 bits per heavy atom. The number of nitrogens with one attached hydrogen (secondary N) is 2. The lowest BCUT2D eigenvalue weighted by Crippen LogP contribution is -2.38. The maximum Gasteiger partial charge on any atom is 0.422 e. The van der Waals surface area contributed by atoms with Gasteiger partial charge in [-0.2, -0.15) is 13.2 Å². The van der Waals surface area contributed by atoms with Crippen LogP contribution in [0.2, 0.25) is 0 Å². The van der Waals surface area contributed by atoms with Gasteiger partial charge in [0.15, 0.2) is 12.6 Å². The summed E-state index contributed by atoms with van der Waals surface area (Å²) < 4.78 is 55.6. The van der Waals surface area contributed by atoms with Gasteiger partial charge in [0.25, 0.3) is 0 Å². The molecule has 0 saturated carbocycles. The van der Waals surface area contributed by atoms with Gasteiger partial charge in [0.05, 0.1) is 6.04 Å². The summed E-state index contributed by atoms with van der Waals surface area (Å²) in [5, 5.41) is 6.10. The summed E-state index contributed by atoms with van der Waals surface area (Å²) in [6, 6.07) is 7.93. The average Bonchev–Trinajstić information content (AvgIpc) is 2.65. The molecule has 0 bridgehead atoms. The lowest BCUT2D eigenvalue weighted by Gasteiger charge is -2.19. The first-order valence-electron chi connectivity index (χ1n) is 8.56. The highest BCUT2D eigenvalue weighted by atomic mass is 19.4. The number of halogens is 4. The van der Waals surface area contributed by atoms with E-state index < -0.39 is 12.8 Å². The summed E-state index contributed by atoms with van der Waals surface area (Å²) >= 11 is 0. The number of hydrogen-bond acceptors (Lipinski definition) is 3. The van der Waals surface area contributed by atoms with Crippen molar-refractivity contribution >= 4 is 5.96 Å². The molecule has 1 aromatic heterocycles. The Bertz CT molecular complexity index is 824. The quantitative estimate of drug-likeness (QED) is 0.440. The maximum atomic E-state index is 13.8. The molecule has 0 fully saturated rings. The van der Waals surface area contributed by atoms with Gasteiger partial charge in [-0.1, -0.05) is 18.2 Å². The van der Waals surface area contributed by atoms with Crippen molar-refractivity contribution in [1.29, 1.82) is 0 Å². The number of guanidine groups is 1. The summed E-state index contributed by atoms with van der Waals surface area (Å²) in [6.45, 7) is 2.26. The summed E-state index contributed by atoms with van der Waals surface area (Å²) in [4.78, 5) is 7.93. The fourth-order valence-electron chi connectivity index (χ4n) is 2.38. The third-order valence-corrected chi connectivity index (χ3v) is 3.94. The van der Waals surface area contributed by atoms with Crippen LogP contribution in [0.5, 0.6) is 5.88 Å². The normalized spacial score (nSPS) is 13.2. The summed E-state index contributed by atoms with van der Waals surface area (Å²) in [6.07, 6.45) is -3.09. The van der Waals surface area contributed by atoms with Gasteiger partial charge in [-0.15, -0.1) is 0 Å². The zero-order valence-electron chi connectivity index (χ0n) is 15.8. The molecule has 0 aliphatic carbocycles. The standard InChI is InChI=1S/C19H22F4N4O/c1-12-6-7-14(9-16(12)20)13(2)27-18(24-3)26-10-15-5-4-8-25-17(15)28-11-19(21,22)23/h4-9,13H,10-11H2,1-3H3,(H2,24,26,27). The van der Waals surface area contributed by atoms with Crippen LogP contribution in [0.4, 0.5) is 17.6 Å². The second-order valence-electron chi connectivity index (χ2n) is 6.17. The minimum absolute atomic E-state index is 0.101. The molecule has 0 aliphatic heterocycles. The van der Waals surface area contributed by atoms with Crippen molar-refractivity contribution in [2.75, 3.05) is 13.7 Å². The Labute approximate surface area is 160 Å². The van der Waals surface area contributed by atoms with Gasteiger partial charge in [0, 0.05) is 25.4 Å². The molecule has 0 amide bonds. The molecule has 0 radical (unpaired) electrons. The van der Waals surface area contributed by atoms with E-state index in [0.29, 0.717) is 17.1 Å². The highest BCUT2D eigenvalue weighted by molar-refractivity contribution is 5.80. The van der Waals surface area contributed by atoms with Gasteiger partial charge in [-0.05, 0) is 37.1 Å². The molecule has 9 heteroatoms. The number of rotatable bonds is 6. The predicted octanol–water partition coefficient (Wildman–Crippen LogP) is 3.90. The van der Waals surface area contributed by atoms with Crippen molar-refractivity contribution in [2.45, 2.75) is 32.6 Å². The van der Waals surface area contributed by atoms with Crippen LogP contribution in [0.25, 0.3) is 0 Å². The molecule has 0 saturated heterocycles. The van der Waals surface area contributed by atoms with Crippen molar-refractivity contribution in [2.24, 2.45) is 4.99 Å². The van der Waals surface area contributed by atoms with Crippen LogP contribution < -0.4 is 15.4 Å². The van der Waals surface area contributed by atoms with Gasteiger partial charge in [0.2, 0.25) is 5.88 Å². The first-order valence-corrected chi connectivity index (χ1v) is 8.56. The Morgan fingerprint density at radius 3 is 2.68 bits per heavy atom. The number of aryl methyl sites for hydroxylation is 1. The number of alkyl halides is 3. The number of hydrogen-bond donors (Lipinski definition) is 2. The van der Waals surface area contributed by atoms with Gasteiger partial charge < -0.3 is 15.4 Å². The third kappa shape index (κ3) is 6.40. The van der Waals surface area contributed by atoms with E-state index in [1.54, 1.807) is 32.2 Å². The first-order chi connectivity index (χ1) is 13.2. The van der Waals surface area contributed by atoms with Gasteiger partial charge >= 0.3 is 6.18 Å². The van der Waals surface area contributed by atoms with E-state index in [9.17, 15) is 17.6 Å².